The fourth-order valence-corrected chi connectivity index (χ4v) is 6.11. The van der Waals surface area contributed by atoms with E-state index in [0.717, 1.165) is 17.8 Å². The van der Waals surface area contributed by atoms with Crippen LogP contribution in [0.15, 0.2) is 28.0 Å². The highest BCUT2D eigenvalue weighted by atomic mass is 32.2. The average Bonchev–Trinajstić information content (AvgIpc) is 3.08. The second-order valence-electron chi connectivity index (χ2n) is 6.64. The SMILES string of the molecule is CSc1ccc(S(=O)(=O)NCC(=O)OCC(=O)N(C)C2CCS(=O)(=O)C2)cc1[N+](=O)[O-]. The lowest BCUT2D eigenvalue weighted by atomic mass is 10.2. The Hall–Kier alpha value is -2.23. The normalized spacial score (nSPS) is 17.8. The van der Waals surface area contributed by atoms with Gasteiger partial charge in [0.05, 0.1) is 26.2 Å². The topological polar surface area (TPSA) is 170 Å². The molecule has 1 amide bonds. The number of benzene rings is 1. The Morgan fingerprint density at radius 1 is 1.39 bits per heavy atom. The summed E-state index contributed by atoms with van der Waals surface area (Å²) in [5, 5.41) is 11.1. The van der Waals surface area contributed by atoms with Crippen LogP contribution in [0.1, 0.15) is 6.42 Å². The summed E-state index contributed by atoms with van der Waals surface area (Å²) in [5.74, 6) is -1.85. The maximum atomic E-state index is 12.3. The van der Waals surface area contributed by atoms with Crippen LogP contribution < -0.4 is 4.72 Å². The fourth-order valence-electron chi connectivity index (χ4n) is 2.80. The molecule has 0 spiro atoms. The first kappa shape index (κ1) is 25.0. The van der Waals surface area contributed by atoms with Crippen molar-refractivity contribution >= 4 is 49.2 Å². The van der Waals surface area contributed by atoms with Crippen molar-refractivity contribution in [1.29, 1.82) is 0 Å². The summed E-state index contributed by atoms with van der Waals surface area (Å²) in [6.07, 6.45) is 1.90. The second kappa shape index (κ2) is 9.93. The summed E-state index contributed by atoms with van der Waals surface area (Å²) in [5.41, 5.74) is -0.388. The molecule has 15 heteroatoms. The number of amides is 1. The quantitative estimate of drug-likeness (QED) is 0.209. The zero-order valence-electron chi connectivity index (χ0n) is 16.6. The summed E-state index contributed by atoms with van der Waals surface area (Å²) in [4.78, 5) is 35.4. The number of carbonyl (C=O) groups excluding carboxylic acids is 2. The van der Waals surface area contributed by atoms with Crippen molar-refractivity contribution in [2.45, 2.75) is 22.3 Å². The molecule has 1 aliphatic rings. The van der Waals surface area contributed by atoms with E-state index in [1.807, 2.05) is 4.72 Å². The molecule has 0 aliphatic carbocycles. The molecule has 0 radical (unpaired) electrons. The van der Waals surface area contributed by atoms with Gasteiger partial charge < -0.3 is 9.64 Å². The van der Waals surface area contributed by atoms with Crippen LogP contribution in [-0.4, -0.2) is 82.5 Å². The molecule has 2 rings (SSSR count). The minimum Gasteiger partial charge on any atom is -0.455 e. The number of carbonyl (C=O) groups is 2. The molecule has 12 nitrogen and oxygen atoms in total. The minimum absolute atomic E-state index is 0.0209. The molecule has 1 aliphatic heterocycles. The third-order valence-electron chi connectivity index (χ3n) is 4.57. The first-order valence-electron chi connectivity index (χ1n) is 8.80. The van der Waals surface area contributed by atoms with E-state index in [9.17, 15) is 36.5 Å². The maximum Gasteiger partial charge on any atom is 0.321 e. The van der Waals surface area contributed by atoms with Gasteiger partial charge in [0.1, 0.15) is 6.54 Å². The van der Waals surface area contributed by atoms with Crippen molar-refractivity contribution in [3.63, 3.8) is 0 Å². The lowest BCUT2D eigenvalue weighted by molar-refractivity contribution is -0.388. The Kier molecular flexibility index (Phi) is 8.02. The molecule has 1 fully saturated rings. The van der Waals surface area contributed by atoms with Crippen LogP contribution >= 0.6 is 11.8 Å². The van der Waals surface area contributed by atoms with Gasteiger partial charge in [-0.3, -0.25) is 19.7 Å². The molecule has 172 valence electrons. The van der Waals surface area contributed by atoms with Gasteiger partial charge in [-0.15, -0.1) is 11.8 Å². The smallest absolute Gasteiger partial charge is 0.321 e. The van der Waals surface area contributed by atoms with Gasteiger partial charge in [0.25, 0.3) is 11.6 Å². The monoisotopic (exact) mass is 495 g/mol. The zero-order chi connectivity index (χ0) is 23.4. The van der Waals surface area contributed by atoms with E-state index in [1.54, 1.807) is 6.26 Å². The van der Waals surface area contributed by atoms with Crippen molar-refractivity contribution < 1.29 is 36.1 Å². The third-order valence-corrected chi connectivity index (χ3v) is 8.50. The van der Waals surface area contributed by atoms with Crippen molar-refractivity contribution in [3.05, 3.63) is 28.3 Å². The van der Waals surface area contributed by atoms with E-state index in [4.69, 9.17) is 4.74 Å². The van der Waals surface area contributed by atoms with E-state index in [1.165, 1.54) is 24.1 Å². The summed E-state index contributed by atoms with van der Waals surface area (Å²) < 4.78 is 54.3. The molecule has 1 aromatic carbocycles. The van der Waals surface area contributed by atoms with Gasteiger partial charge in [-0.1, -0.05) is 0 Å². The average molecular weight is 496 g/mol. The van der Waals surface area contributed by atoms with Crippen LogP contribution in [0.4, 0.5) is 5.69 Å². The van der Waals surface area contributed by atoms with Gasteiger partial charge in [0.2, 0.25) is 10.0 Å². The molecule has 0 bridgehead atoms. The zero-order valence-corrected chi connectivity index (χ0v) is 19.1. The Morgan fingerprint density at radius 3 is 2.61 bits per heavy atom. The highest BCUT2D eigenvalue weighted by Crippen LogP contribution is 2.29. The Balaban J connectivity index is 1.91. The van der Waals surface area contributed by atoms with Crippen molar-refractivity contribution in [3.8, 4) is 0 Å². The molecule has 1 aromatic rings. The molecule has 1 unspecified atom stereocenters. The van der Waals surface area contributed by atoms with Crippen LogP contribution in [-0.2, 0) is 34.2 Å². The van der Waals surface area contributed by atoms with Crippen LogP contribution in [0, 0.1) is 10.1 Å². The Bertz CT molecular complexity index is 1090. The van der Waals surface area contributed by atoms with Crippen molar-refractivity contribution in [1.82, 2.24) is 9.62 Å². The van der Waals surface area contributed by atoms with E-state index in [0.29, 0.717) is 6.42 Å². The van der Waals surface area contributed by atoms with Gasteiger partial charge in [0.15, 0.2) is 16.4 Å². The van der Waals surface area contributed by atoms with E-state index in [2.05, 4.69) is 0 Å². The molecule has 1 heterocycles. The van der Waals surface area contributed by atoms with Gasteiger partial charge in [-0.05, 0) is 24.8 Å². The molecular formula is C16H21N3O9S3. The molecule has 31 heavy (non-hydrogen) atoms. The van der Waals surface area contributed by atoms with Crippen LogP contribution in [0.5, 0.6) is 0 Å². The van der Waals surface area contributed by atoms with Gasteiger partial charge in [-0.25, -0.2) is 16.8 Å². The number of nitrogens with one attached hydrogen (secondary N) is 1. The highest BCUT2D eigenvalue weighted by Gasteiger charge is 2.33. The predicted octanol–water partition coefficient (Wildman–Crippen LogP) is -0.216. The van der Waals surface area contributed by atoms with E-state index >= 15 is 0 Å². The standard InChI is InChI=1S/C16H21N3O9S3/c1-18(11-5-6-30(24,25)10-11)15(20)9-28-16(21)8-17-31(26,27)12-3-4-14(29-2)13(7-12)19(22)23/h3-4,7,11,17H,5-6,8-10H2,1-2H3. The summed E-state index contributed by atoms with van der Waals surface area (Å²) in [7, 11) is -6.04. The minimum atomic E-state index is -4.24. The second-order valence-corrected chi connectivity index (χ2v) is 11.5. The molecular weight excluding hydrogens is 474 g/mol. The summed E-state index contributed by atoms with van der Waals surface area (Å²) >= 11 is 1.08. The van der Waals surface area contributed by atoms with Crippen LogP contribution in [0.25, 0.3) is 0 Å². The number of sulfone groups is 1. The number of hydrogen-bond donors (Lipinski definition) is 1. The van der Waals surface area contributed by atoms with Crippen LogP contribution in [0.2, 0.25) is 0 Å². The number of rotatable bonds is 9. The molecule has 1 N–H and O–H groups in total. The Labute approximate surface area is 183 Å². The van der Waals surface area contributed by atoms with E-state index < -0.39 is 60.7 Å². The van der Waals surface area contributed by atoms with Gasteiger partial charge >= 0.3 is 5.97 Å². The number of nitro benzene ring substituents is 1. The van der Waals surface area contributed by atoms with Crippen LogP contribution in [0.3, 0.4) is 0 Å². The molecule has 0 aromatic heterocycles. The van der Waals surface area contributed by atoms with Gasteiger partial charge in [0, 0.05) is 19.2 Å². The third kappa shape index (κ3) is 6.62. The molecule has 1 atom stereocenters. The lowest BCUT2D eigenvalue weighted by Gasteiger charge is -2.23. The Morgan fingerprint density at radius 2 is 2.06 bits per heavy atom. The number of nitro groups is 1. The highest BCUT2D eigenvalue weighted by molar-refractivity contribution is 7.98. The first-order chi connectivity index (χ1) is 14.4. The molecule has 1 saturated heterocycles. The summed E-state index contributed by atoms with van der Waals surface area (Å²) in [6.45, 7) is -1.48. The fraction of sp³-hybridized carbons (Fsp3) is 0.500. The largest absolute Gasteiger partial charge is 0.455 e. The predicted molar refractivity (Wildman–Crippen MR) is 111 cm³/mol. The number of esters is 1. The number of ether oxygens (including phenoxy) is 1. The summed E-state index contributed by atoms with van der Waals surface area (Å²) in [6, 6.07) is 2.83. The first-order valence-corrected chi connectivity index (χ1v) is 13.3. The molecule has 0 saturated carbocycles. The number of likely N-dealkylation sites (N-methyl/N-ethyl adjacent to an activating group) is 1. The lowest BCUT2D eigenvalue weighted by Crippen LogP contribution is -2.41. The maximum absolute atomic E-state index is 12.3. The van der Waals surface area contributed by atoms with E-state index in [-0.39, 0.29) is 22.1 Å². The number of hydrogen-bond acceptors (Lipinski definition) is 10. The number of sulfonamides is 1. The van der Waals surface area contributed by atoms with Crippen molar-refractivity contribution in [2.24, 2.45) is 0 Å². The number of nitrogens with zero attached hydrogens (tertiary/aromatic N) is 2. The van der Waals surface area contributed by atoms with Gasteiger partial charge in [-0.2, -0.15) is 4.72 Å². The van der Waals surface area contributed by atoms with Crippen molar-refractivity contribution in [2.75, 3.05) is 38.0 Å². The number of thioether (sulfide) groups is 1.